The van der Waals surface area contributed by atoms with Crippen LogP contribution >= 0.6 is 0 Å². The molecule has 1 rings (SSSR count). The maximum atomic E-state index is 12.1. The van der Waals surface area contributed by atoms with E-state index in [9.17, 15) is 8.42 Å². The van der Waals surface area contributed by atoms with E-state index in [2.05, 4.69) is 17.0 Å². The Balaban J connectivity index is 2.58. The Hall–Kier alpha value is -0.910. The predicted molar refractivity (Wildman–Crippen MR) is 78.5 cm³/mol. The highest BCUT2D eigenvalue weighted by Gasteiger charge is 2.13. The molecule has 0 saturated heterocycles. The lowest BCUT2D eigenvalue weighted by atomic mass is 10.2. The van der Waals surface area contributed by atoms with E-state index in [4.69, 9.17) is 0 Å². The van der Waals surface area contributed by atoms with Crippen LogP contribution in [-0.2, 0) is 16.6 Å². The lowest BCUT2D eigenvalue weighted by Crippen LogP contribution is -2.25. The molecule has 0 fully saturated rings. The maximum absolute atomic E-state index is 12.1. The van der Waals surface area contributed by atoms with Crippen LogP contribution in [0.2, 0.25) is 0 Å². The number of hydrogen-bond acceptors (Lipinski definition) is 3. The van der Waals surface area contributed by atoms with Gasteiger partial charge in [0.1, 0.15) is 0 Å². The first-order chi connectivity index (χ1) is 9.10. The van der Waals surface area contributed by atoms with Gasteiger partial charge in [-0.25, -0.2) is 13.1 Å². The number of nitrogens with one attached hydrogen (secondary N) is 2. The normalized spacial score (nSPS) is 11.7. The molecule has 0 atom stereocenters. The van der Waals surface area contributed by atoms with Crippen LogP contribution in [0.15, 0.2) is 29.2 Å². The van der Waals surface area contributed by atoms with Gasteiger partial charge in [0.15, 0.2) is 0 Å². The zero-order valence-electron chi connectivity index (χ0n) is 11.8. The predicted octanol–water partition coefficient (Wildman–Crippen LogP) is 2.26. The van der Waals surface area contributed by atoms with Crippen LogP contribution in [0.5, 0.6) is 0 Å². The van der Waals surface area contributed by atoms with Crippen molar-refractivity contribution in [2.45, 2.75) is 44.0 Å². The fourth-order valence-electron chi connectivity index (χ4n) is 1.87. The summed E-state index contributed by atoms with van der Waals surface area (Å²) in [5, 5.41) is 3.01. The third kappa shape index (κ3) is 5.72. The van der Waals surface area contributed by atoms with Gasteiger partial charge < -0.3 is 5.32 Å². The first-order valence-corrected chi connectivity index (χ1v) is 8.31. The van der Waals surface area contributed by atoms with E-state index in [1.165, 1.54) is 0 Å². The molecular formula is C14H24N2O2S. The Morgan fingerprint density at radius 2 is 1.95 bits per heavy atom. The highest BCUT2D eigenvalue weighted by atomic mass is 32.2. The van der Waals surface area contributed by atoms with Crippen molar-refractivity contribution in [1.29, 1.82) is 0 Å². The molecule has 19 heavy (non-hydrogen) atoms. The van der Waals surface area contributed by atoms with Crippen molar-refractivity contribution in [3.63, 3.8) is 0 Å². The Bertz CT molecular complexity index is 472. The van der Waals surface area contributed by atoms with Crippen molar-refractivity contribution >= 4 is 10.0 Å². The highest BCUT2D eigenvalue weighted by Crippen LogP contribution is 2.11. The van der Waals surface area contributed by atoms with Gasteiger partial charge in [-0.2, -0.15) is 0 Å². The van der Waals surface area contributed by atoms with E-state index in [0.29, 0.717) is 18.0 Å². The van der Waals surface area contributed by atoms with E-state index >= 15 is 0 Å². The summed E-state index contributed by atoms with van der Waals surface area (Å²) in [6.07, 6.45) is 4.26. The van der Waals surface area contributed by atoms with Crippen LogP contribution in [0.3, 0.4) is 0 Å². The number of sulfonamides is 1. The second-order valence-corrected chi connectivity index (χ2v) is 6.40. The second kappa shape index (κ2) is 8.30. The average molecular weight is 284 g/mol. The molecule has 0 saturated carbocycles. The number of rotatable bonds is 9. The van der Waals surface area contributed by atoms with Crippen molar-refractivity contribution in [3.05, 3.63) is 29.8 Å². The maximum Gasteiger partial charge on any atom is 0.240 e. The van der Waals surface area contributed by atoms with Gasteiger partial charge in [-0.15, -0.1) is 0 Å². The average Bonchev–Trinajstić information content (AvgIpc) is 2.39. The van der Waals surface area contributed by atoms with E-state index in [1.807, 2.05) is 13.1 Å². The third-order valence-electron chi connectivity index (χ3n) is 2.91. The summed E-state index contributed by atoms with van der Waals surface area (Å²) < 4.78 is 26.8. The molecule has 0 heterocycles. The topological polar surface area (TPSA) is 58.2 Å². The summed E-state index contributed by atoms with van der Waals surface area (Å²) in [6.45, 7) is 3.32. The monoisotopic (exact) mass is 284 g/mol. The molecule has 108 valence electrons. The summed E-state index contributed by atoms with van der Waals surface area (Å²) in [5.41, 5.74) is 0.969. The fraction of sp³-hybridized carbons (Fsp3) is 0.571. The molecule has 1 aromatic rings. The Labute approximate surface area is 116 Å². The van der Waals surface area contributed by atoms with Gasteiger partial charge in [-0.1, -0.05) is 38.3 Å². The summed E-state index contributed by atoms with van der Waals surface area (Å²) in [6, 6.07) is 7.04. The summed E-state index contributed by atoms with van der Waals surface area (Å²) in [5.74, 6) is 0. The van der Waals surface area contributed by atoms with Crippen molar-refractivity contribution in [2.75, 3.05) is 13.6 Å². The molecule has 0 amide bonds. The van der Waals surface area contributed by atoms with Gasteiger partial charge in [0.25, 0.3) is 0 Å². The molecule has 0 spiro atoms. The van der Waals surface area contributed by atoms with Gasteiger partial charge in [0.05, 0.1) is 4.90 Å². The van der Waals surface area contributed by atoms with Crippen molar-refractivity contribution in [1.82, 2.24) is 10.0 Å². The molecule has 2 N–H and O–H groups in total. The molecule has 0 aliphatic heterocycles. The summed E-state index contributed by atoms with van der Waals surface area (Å²) in [4.78, 5) is 0.343. The summed E-state index contributed by atoms with van der Waals surface area (Å²) >= 11 is 0. The zero-order valence-corrected chi connectivity index (χ0v) is 12.6. The van der Waals surface area contributed by atoms with E-state index in [0.717, 1.165) is 31.2 Å². The molecule has 4 nitrogen and oxygen atoms in total. The van der Waals surface area contributed by atoms with E-state index < -0.39 is 10.0 Å². The molecule has 0 aromatic heterocycles. The first-order valence-electron chi connectivity index (χ1n) is 6.83. The smallest absolute Gasteiger partial charge is 0.240 e. The van der Waals surface area contributed by atoms with Crippen LogP contribution in [-0.4, -0.2) is 22.0 Å². The molecule has 0 aliphatic carbocycles. The van der Waals surface area contributed by atoms with E-state index in [-0.39, 0.29) is 0 Å². The van der Waals surface area contributed by atoms with Crippen LogP contribution in [0, 0.1) is 0 Å². The van der Waals surface area contributed by atoms with Crippen molar-refractivity contribution in [2.24, 2.45) is 0 Å². The van der Waals surface area contributed by atoms with Gasteiger partial charge >= 0.3 is 0 Å². The zero-order chi connectivity index (χ0) is 14.1. The van der Waals surface area contributed by atoms with Crippen LogP contribution in [0.1, 0.15) is 38.2 Å². The Morgan fingerprint density at radius 3 is 2.63 bits per heavy atom. The second-order valence-electron chi connectivity index (χ2n) is 4.64. The quantitative estimate of drug-likeness (QED) is 0.684. The van der Waals surface area contributed by atoms with Crippen LogP contribution in [0.4, 0.5) is 0 Å². The van der Waals surface area contributed by atoms with Gasteiger partial charge in [0, 0.05) is 13.1 Å². The first kappa shape index (κ1) is 16.1. The van der Waals surface area contributed by atoms with Crippen LogP contribution in [0.25, 0.3) is 0 Å². The SMILES string of the molecule is CCCCCCNS(=O)(=O)c1cccc(CNC)c1. The molecule has 0 bridgehead atoms. The summed E-state index contributed by atoms with van der Waals surface area (Å²) in [7, 11) is -1.53. The minimum atomic E-state index is -3.37. The lowest BCUT2D eigenvalue weighted by Gasteiger charge is -2.08. The minimum absolute atomic E-state index is 0.343. The van der Waals surface area contributed by atoms with Crippen molar-refractivity contribution in [3.8, 4) is 0 Å². The standard InChI is InChI=1S/C14H24N2O2S/c1-3-4-5-6-10-16-19(17,18)14-9-7-8-13(11-14)12-15-2/h7-9,11,15-16H,3-6,10,12H2,1-2H3. The van der Waals surface area contributed by atoms with Crippen LogP contribution < -0.4 is 10.0 Å². The highest BCUT2D eigenvalue weighted by molar-refractivity contribution is 7.89. The minimum Gasteiger partial charge on any atom is -0.316 e. The lowest BCUT2D eigenvalue weighted by molar-refractivity contribution is 0.573. The van der Waals surface area contributed by atoms with Gasteiger partial charge in [0.2, 0.25) is 10.0 Å². The number of unbranched alkanes of at least 4 members (excludes halogenated alkanes) is 3. The Morgan fingerprint density at radius 1 is 1.16 bits per heavy atom. The Kier molecular flexibility index (Phi) is 7.05. The molecular weight excluding hydrogens is 260 g/mol. The van der Waals surface area contributed by atoms with Gasteiger partial charge in [-0.05, 0) is 31.2 Å². The number of hydrogen-bond donors (Lipinski definition) is 2. The number of benzene rings is 1. The largest absolute Gasteiger partial charge is 0.316 e. The molecule has 1 aromatic carbocycles. The van der Waals surface area contributed by atoms with Crippen molar-refractivity contribution < 1.29 is 8.42 Å². The van der Waals surface area contributed by atoms with E-state index in [1.54, 1.807) is 18.2 Å². The molecule has 0 aliphatic rings. The molecule has 5 heteroatoms. The molecule has 0 radical (unpaired) electrons. The van der Waals surface area contributed by atoms with Gasteiger partial charge in [-0.3, -0.25) is 0 Å². The molecule has 0 unspecified atom stereocenters. The third-order valence-corrected chi connectivity index (χ3v) is 4.37. The fourth-order valence-corrected chi connectivity index (χ4v) is 3.01.